The Morgan fingerprint density at radius 1 is 1.40 bits per heavy atom. The molecule has 0 bridgehead atoms. The molecule has 15 heavy (non-hydrogen) atoms. The minimum atomic E-state index is 0.288. The van der Waals surface area contributed by atoms with E-state index in [1.807, 2.05) is 19.1 Å². The molecule has 0 spiro atoms. The number of aryl methyl sites for hydroxylation is 1. The van der Waals surface area contributed by atoms with Gasteiger partial charge in [0.25, 0.3) is 0 Å². The maximum atomic E-state index is 9.67. The van der Waals surface area contributed by atoms with Gasteiger partial charge in [-0.25, -0.2) is 0 Å². The molecule has 1 fully saturated rings. The van der Waals surface area contributed by atoms with Crippen molar-refractivity contribution in [2.75, 3.05) is 6.54 Å². The zero-order valence-corrected chi connectivity index (χ0v) is 9.62. The molecular formula is C13H19NO. The van der Waals surface area contributed by atoms with Crippen LogP contribution in [-0.2, 0) is 0 Å². The van der Waals surface area contributed by atoms with E-state index in [2.05, 4.69) is 19.9 Å². The van der Waals surface area contributed by atoms with Gasteiger partial charge < -0.3 is 10.8 Å². The zero-order valence-electron chi connectivity index (χ0n) is 9.62. The fraction of sp³-hybridized carbons (Fsp3) is 0.538. The molecule has 0 aliphatic heterocycles. The smallest absolute Gasteiger partial charge is 0.118 e. The van der Waals surface area contributed by atoms with Gasteiger partial charge in [0, 0.05) is 0 Å². The molecule has 0 unspecified atom stereocenters. The molecule has 1 aromatic rings. The highest BCUT2D eigenvalue weighted by atomic mass is 16.3. The van der Waals surface area contributed by atoms with Gasteiger partial charge in [-0.2, -0.15) is 0 Å². The van der Waals surface area contributed by atoms with Crippen molar-refractivity contribution in [1.82, 2.24) is 0 Å². The summed E-state index contributed by atoms with van der Waals surface area (Å²) in [6.45, 7) is 7.13. The van der Waals surface area contributed by atoms with Gasteiger partial charge in [-0.3, -0.25) is 0 Å². The molecule has 82 valence electrons. The molecule has 2 atom stereocenters. The third-order valence-electron chi connectivity index (χ3n) is 3.90. The first-order valence-corrected chi connectivity index (χ1v) is 5.48. The van der Waals surface area contributed by atoms with Crippen LogP contribution in [0.3, 0.4) is 0 Å². The summed E-state index contributed by atoms with van der Waals surface area (Å²) in [5.74, 6) is 1.46. The molecule has 1 saturated carbocycles. The van der Waals surface area contributed by atoms with Gasteiger partial charge in [-0.1, -0.05) is 26.0 Å². The van der Waals surface area contributed by atoms with E-state index in [9.17, 15) is 5.11 Å². The Bertz CT molecular complexity index is 384. The van der Waals surface area contributed by atoms with E-state index in [0.29, 0.717) is 17.6 Å². The van der Waals surface area contributed by atoms with Crippen molar-refractivity contribution >= 4 is 0 Å². The van der Waals surface area contributed by atoms with Crippen molar-refractivity contribution < 1.29 is 5.11 Å². The minimum absolute atomic E-state index is 0.288. The molecule has 0 amide bonds. The highest BCUT2D eigenvalue weighted by Gasteiger charge is 2.57. The van der Waals surface area contributed by atoms with Crippen molar-refractivity contribution in [3.63, 3.8) is 0 Å². The summed E-state index contributed by atoms with van der Waals surface area (Å²) in [5.41, 5.74) is 8.18. The van der Waals surface area contributed by atoms with Crippen molar-refractivity contribution in [1.29, 1.82) is 0 Å². The van der Waals surface area contributed by atoms with E-state index < -0.39 is 0 Å². The molecule has 0 aromatic heterocycles. The highest BCUT2D eigenvalue weighted by molar-refractivity contribution is 5.41. The summed E-state index contributed by atoms with van der Waals surface area (Å²) >= 11 is 0. The Hall–Kier alpha value is -1.02. The molecule has 0 saturated heterocycles. The Kier molecular flexibility index (Phi) is 2.27. The second kappa shape index (κ2) is 3.24. The summed E-state index contributed by atoms with van der Waals surface area (Å²) < 4.78 is 0. The maximum Gasteiger partial charge on any atom is 0.118 e. The van der Waals surface area contributed by atoms with Gasteiger partial charge in [-0.05, 0) is 47.9 Å². The maximum absolute atomic E-state index is 9.67. The van der Waals surface area contributed by atoms with Gasteiger partial charge in [0.05, 0.1) is 0 Å². The average molecular weight is 205 g/mol. The number of phenolic OH excluding ortho intramolecular Hbond substituents is 1. The Morgan fingerprint density at radius 3 is 2.53 bits per heavy atom. The molecule has 0 radical (unpaired) electrons. The fourth-order valence-corrected chi connectivity index (χ4v) is 2.67. The molecule has 1 aliphatic carbocycles. The number of nitrogens with two attached hydrogens (primary N) is 1. The van der Waals surface area contributed by atoms with Crippen LogP contribution in [-0.4, -0.2) is 11.7 Å². The zero-order chi connectivity index (χ0) is 11.2. The first-order valence-electron chi connectivity index (χ1n) is 5.48. The van der Waals surface area contributed by atoms with Crippen molar-refractivity contribution in [2.24, 2.45) is 17.1 Å². The SMILES string of the molecule is Cc1ccc([C@H]2[C@H](CN)C2(C)C)cc1O. The second-order valence-electron chi connectivity index (χ2n) is 5.19. The van der Waals surface area contributed by atoms with Crippen LogP contribution in [0.5, 0.6) is 5.75 Å². The number of benzene rings is 1. The summed E-state index contributed by atoms with van der Waals surface area (Å²) in [4.78, 5) is 0. The van der Waals surface area contributed by atoms with Crippen LogP contribution in [0.4, 0.5) is 0 Å². The first-order chi connectivity index (χ1) is 6.98. The van der Waals surface area contributed by atoms with Gasteiger partial charge in [0.1, 0.15) is 5.75 Å². The molecular weight excluding hydrogens is 186 g/mol. The lowest BCUT2D eigenvalue weighted by atomic mass is 10.0. The normalized spacial score (nSPS) is 27.7. The summed E-state index contributed by atoms with van der Waals surface area (Å²) in [7, 11) is 0. The molecule has 2 nitrogen and oxygen atoms in total. The van der Waals surface area contributed by atoms with E-state index in [4.69, 9.17) is 5.73 Å². The Labute approximate surface area is 91.1 Å². The lowest BCUT2D eigenvalue weighted by Crippen LogP contribution is -2.05. The van der Waals surface area contributed by atoms with Gasteiger partial charge >= 0.3 is 0 Å². The average Bonchev–Trinajstić information content (AvgIpc) is 2.73. The number of phenols is 1. The molecule has 1 aromatic carbocycles. The van der Waals surface area contributed by atoms with Crippen LogP contribution in [0.15, 0.2) is 18.2 Å². The number of hydrogen-bond donors (Lipinski definition) is 2. The van der Waals surface area contributed by atoms with E-state index >= 15 is 0 Å². The molecule has 1 aliphatic rings. The highest BCUT2D eigenvalue weighted by Crippen LogP contribution is 2.64. The third-order valence-corrected chi connectivity index (χ3v) is 3.90. The topological polar surface area (TPSA) is 46.2 Å². The third kappa shape index (κ3) is 1.53. The lowest BCUT2D eigenvalue weighted by Gasteiger charge is -2.05. The molecule has 3 N–H and O–H groups in total. The Morgan fingerprint density at radius 2 is 2.07 bits per heavy atom. The largest absolute Gasteiger partial charge is 0.508 e. The van der Waals surface area contributed by atoms with E-state index in [1.54, 1.807) is 0 Å². The van der Waals surface area contributed by atoms with Crippen LogP contribution in [0.25, 0.3) is 0 Å². The molecule has 0 heterocycles. The van der Waals surface area contributed by atoms with Crippen LogP contribution in [0.1, 0.15) is 30.9 Å². The second-order valence-corrected chi connectivity index (χ2v) is 5.19. The quantitative estimate of drug-likeness (QED) is 0.778. The predicted molar refractivity (Wildman–Crippen MR) is 61.9 cm³/mol. The molecule has 2 rings (SSSR count). The van der Waals surface area contributed by atoms with E-state index in [0.717, 1.165) is 12.1 Å². The number of hydrogen-bond acceptors (Lipinski definition) is 2. The monoisotopic (exact) mass is 205 g/mol. The van der Waals surface area contributed by atoms with Gasteiger partial charge in [0.15, 0.2) is 0 Å². The van der Waals surface area contributed by atoms with Crippen molar-refractivity contribution in [3.8, 4) is 5.75 Å². The lowest BCUT2D eigenvalue weighted by molar-refractivity contribution is 0.470. The minimum Gasteiger partial charge on any atom is -0.508 e. The number of aromatic hydroxyl groups is 1. The van der Waals surface area contributed by atoms with Crippen molar-refractivity contribution in [2.45, 2.75) is 26.7 Å². The Balaban J connectivity index is 2.29. The van der Waals surface area contributed by atoms with Crippen molar-refractivity contribution in [3.05, 3.63) is 29.3 Å². The summed E-state index contributed by atoms with van der Waals surface area (Å²) in [6, 6.07) is 5.97. The number of rotatable bonds is 2. The first kappa shape index (κ1) is 10.5. The van der Waals surface area contributed by atoms with Gasteiger partial charge in [0.2, 0.25) is 0 Å². The van der Waals surface area contributed by atoms with Gasteiger partial charge in [-0.15, -0.1) is 0 Å². The van der Waals surface area contributed by atoms with Crippen LogP contribution in [0.2, 0.25) is 0 Å². The van der Waals surface area contributed by atoms with Crippen LogP contribution < -0.4 is 5.73 Å². The fourth-order valence-electron chi connectivity index (χ4n) is 2.67. The standard InChI is InChI=1S/C13H19NO/c1-8-4-5-9(6-11(8)15)12-10(7-14)13(12,2)3/h4-6,10,12,15H,7,14H2,1-3H3/t10-,12-/m0/s1. The van der Waals surface area contributed by atoms with E-state index in [-0.39, 0.29) is 5.41 Å². The summed E-state index contributed by atoms with van der Waals surface area (Å²) in [6.07, 6.45) is 0. The van der Waals surface area contributed by atoms with Crippen LogP contribution >= 0.6 is 0 Å². The van der Waals surface area contributed by atoms with E-state index in [1.165, 1.54) is 5.56 Å². The van der Waals surface area contributed by atoms with Crippen LogP contribution in [0, 0.1) is 18.3 Å². The predicted octanol–water partition coefficient (Wildman–Crippen LogP) is 2.40. The molecule has 2 heteroatoms. The summed E-state index contributed by atoms with van der Waals surface area (Å²) in [5, 5.41) is 9.67.